The lowest BCUT2D eigenvalue weighted by atomic mass is 10.2. The molecule has 9 heteroatoms. The SMILES string of the molecule is Cn1ccnc1Cn1ncc2c(Cl)c(C(=O)Nc3ccc(Cl)cc3)cnc21. The fourth-order valence-corrected chi connectivity index (χ4v) is 3.08. The highest BCUT2D eigenvalue weighted by Gasteiger charge is 2.17. The maximum absolute atomic E-state index is 12.6. The summed E-state index contributed by atoms with van der Waals surface area (Å²) in [7, 11) is 1.91. The van der Waals surface area contributed by atoms with Crippen LogP contribution in [0.25, 0.3) is 11.0 Å². The molecule has 0 spiro atoms. The topological polar surface area (TPSA) is 77.6 Å². The molecular weight excluding hydrogens is 387 g/mol. The van der Waals surface area contributed by atoms with Crippen molar-refractivity contribution in [3.8, 4) is 0 Å². The highest BCUT2D eigenvalue weighted by Crippen LogP contribution is 2.26. The summed E-state index contributed by atoms with van der Waals surface area (Å²) in [5.74, 6) is 0.482. The summed E-state index contributed by atoms with van der Waals surface area (Å²) >= 11 is 12.3. The van der Waals surface area contributed by atoms with Gasteiger partial charge in [0.25, 0.3) is 5.91 Å². The Kier molecular flexibility index (Phi) is 4.55. The highest BCUT2D eigenvalue weighted by molar-refractivity contribution is 6.38. The van der Waals surface area contributed by atoms with Crippen LogP contribution in [0.3, 0.4) is 0 Å². The molecule has 0 fully saturated rings. The Morgan fingerprint density at radius 3 is 2.63 bits per heavy atom. The minimum atomic E-state index is -0.353. The number of carbonyl (C=O) groups is 1. The lowest BCUT2D eigenvalue weighted by Crippen LogP contribution is -2.13. The molecule has 1 N–H and O–H groups in total. The maximum Gasteiger partial charge on any atom is 0.258 e. The van der Waals surface area contributed by atoms with E-state index in [0.717, 1.165) is 5.82 Å². The lowest BCUT2D eigenvalue weighted by Gasteiger charge is -2.08. The molecule has 3 aromatic heterocycles. The van der Waals surface area contributed by atoms with Gasteiger partial charge in [-0.2, -0.15) is 5.10 Å². The first-order valence-electron chi connectivity index (χ1n) is 8.06. The molecule has 0 saturated heterocycles. The Hall–Kier alpha value is -2.90. The zero-order chi connectivity index (χ0) is 19.0. The van der Waals surface area contributed by atoms with E-state index in [2.05, 4.69) is 20.4 Å². The van der Waals surface area contributed by atoms with E-state index in [-0.39, 0.29) is 11.5 Å². The van der Waals surface area contributed by atoms with Gasteiger partial charge in [-0.3, -0.25) is 4.79 Å². The minimum absolute atomic E-state index is 0.274. The number of anilines is 1. The van der Waals surface area contributed by atoms with Gasteiger partial charge in [-0.05, 0) is 24.3 Å². The van der Waals surface area contributed by atoms with Crippen LogP contribution in [0.2, 0.25) is 10.0 Å². The summed E-state index contributed by atoms with van der Waals surface area (Å²) < 4.78 is 3.60. The molecule has 0 unspecified atom stereocenters. The number of halogens is 2. The summed E-state index contributed by atoms with van der Waals surface area (Å²) in [4.78, 5) is 21.2. The number of nitrogens with one attached hydrogen (secondary N) is 1. The number of nitrogens with zero attached hydrogens (tertiary/aromatic N) is 5. The summed E-state index contributed by atoms with van der Waals surface area (Å²) in [6.07, 6.45) is 6.64. The minimum Gasteiger partial charge on any atom is -0.336 e. The number of rotatable bonds is 4. The molecule has 0 atom stereocenters. The highest BCUT2D eigenvalue weighted by atomic mass is 35.5. The van der Waals surface area contributed by atoms with Crippen molar-refractivity contribution in [2.24, 2.45) is 7.05 Å². The first-order valence-corrected chi connectivity index (χ1v) is 8.81. The Morgan fingerprint density at radius 2 is 1.93 bits per heavy atom. The quantitative estimate of drug-likeness (QED) is 0.565. The lowest BCUT2D eigenvalue weighted by molar-refractivity contribution is 0.102. The van der Waals surface area contributed by atoms with Gasteiger partial charge in [0.1, 0.15) is 12.4 Å². The average Bonchev–Trinajstić information content (AvgIpc) is 3.25. The van der Waals surface area contributed by atoms with Gasteiger partial charge in [-0.25, -0.2) is 14.6 Å². The average molecular weight is 401 g/mol. The Bertz CT molecular complexity index is 1130. The number of pyridine rings is 1. The van der Waals surface area contributed by atoms with Gasteiger partial charge >= 0.3 is 0 Å². The van der Waals surface area contributed by atoms with E-state index in [0.29, 0.717) is 33.3 Å². The van der Waals surface area contributed by atoms with Crippen LogP contribution in [0.1, 0.15) is 16.2 Å². The van der Waals surface area contributed by atoms with E-state index in [1.165, 1.54) is 6.20 Å². The normalized spacial score (nSPS) is 11.1. The predicted molar refractivity (Wildman–Crippen MR) is 104 cm³/mol. The smallest absolute Gasteiger partial charge is 0.258 e. The molecule has 1 aromatic carbocycles. The number of amides is 1. The number of fused-ring (bicyclic) bond motifs is 1. The molecule has 0 radical (unpaired) electrons. The molecule has 0 bridgehead atoms. The Morgan fingerprint density at radius 1 is 1.15 bits per heavy atom. The maximum atomic E-state index is 12.6. The number of hydrogen-bond acceptors (Lipinski definition) is 4. The number of benzene rings is 1. The fraction of sp³-hybridized carbons (Fsp3) is 0.111. The van der Waals surface area contributed by atoms with Gasteiger partial charge in [0, 0.05) is 36.3 Å². The standard InChI is InChI=1S/C18H14Cl2N6O/c1-25-7-6-21-15(25)10-26-17-13(9-23-26)16(20)14(8-22-17)18(27)24-12-4-2-11(19)3-5-12/h2-9H,10H2,1H3,(H,24,27). The first-order chi connectivity index (χ1) is 13.0. The van der Waals surface area contributed by atoms with Crippen LogP contribution in [0, 0.1) is 0 Å². The fourth-order valence-electron chi connectivity index (χ4n) is 2.69. The number of aryl methyl sites for hydroxylation is 1. The zero-order valence-corrected chi connectivity index (χ0v) is 15.7. The first kappa shape index (κ1) is 17.5. The van der Waals surface area contributed by atoms with Crippen LogP contribution in [0.4, 0.5) is 5.69 Å². The van der Waals surface area contributed by atoms with Crippen LogP contribution in [0.15, 0.2) is 49.1 Å². The number of hydrogen-bond donors (Lipinski definition) is 1. The second-order valence-electron chi connectivity index (χ2n) is 5.94. The molecule has 0 saturated carbocycles. The van der Waals surface area contributed by atoms with Gasteiger partial charge in [-0.1, -0.05) is 23.2 Å². The van der Waals surface area contributed by atoms with Crippen molar-refractivity contribution in [1.82, 2.24) is 24.3 Å². The third-order valence-corrected chi connectivity index (χ3v) is 4.82. The summed E-state index contributed by atoms with van der Waals surface area (Å²) in [5.41, 5.74) is 1.48. The van der Waals surface area contributed by atoms with E-state index < -0.39 is 0 Å². The van der Waals surface area contributed by atoms with Gasteiger partial charge < -0.3 is 9.88 Å². The Balaban J connectivity index is 1.63. The molecule has 0 aliphatic carbocycles. The monoisotopic (exact) mass is 400 g/mol. The second-order valence-corrected chi connectivity index (χ2v) is 6.76. The van der Waals surface area contributed by atoms with Crippen LogP contribution in [-0.4, -0.2) is 30.2 Å². The van der Waals surface area contributed by atoms with Crippen molar-refractivity contribution in [3.63, 3.8) is 0 Å². The van der Waals surface area contributed by atoms with Crippen molar-refractivity contribution in [3.05, 3.63) is 70.5 Å². The van der Waals surface area contributed by atoms with Crippen LogP contribution >= 0.6 is 23.2 Å². The number of carbonyl (C=O) groups excluding carboxylic acids is 1. The van der Waals surface area contributed by atoms with E-state index in [9.17, 15) is 4.79 Å². The van der Waals surface area contributed by atoms with E-state index in [4.69, 9.17) is 23.2 Å². The molecule has 0 aliphatic rings. The molecule has 0 aliphatic heterocycles. The van der Waals surface area contributed by atoms with Crippen LogP contribution in [-0.2, 0) is 13.6 Å². The molecular formula is C18H14Cl2N6O. The molecule has 27 heavy (non-hydrogen) atoms. The van der Waals surface area contributed by atoms with Crippen molar-refractivity contribution in [1.29, 1.82) is 0 Å². The molecule has 3 heterocycles. The molecule has 4 aromatic rings. The van der Waals surface area contributed by atoms with Crippen molar-refractivity contribution < 1.29 is 4.79 Å². The van der Waals surface area contributed by atoms with E-state index in [1.807, 2.05) is 17.8 Å². The van der Waals surface area contributed by atoms with Gasteiger partial charge in [0.2, 0.25) is 0 Å². The third kappa shape index (κ3) is 3.39. The summed E-state index contributed by atoms with van der Waals surface area (Å²) in [6, 6.07) is 6.82. The summed E-state index contributed by atoms with van der Waals surface area (Å²) in [5, 5.41) is 8.62. The van der Waals surface area contributed by atoms with E-state index in [1.54, 1.807) is 41.3 Å². The van der Waals surface area contributed by atoms with Crippen LogP contribution < -0.4 is 5.32 Å². The number of aromatic nitrogens is 5. The zero-order valence-electron chi connectivity index (χ0n) is 14.2. The molecule has 4 rings (SSSR count). The third-order valence-electron chi connectivity index (χ3n) is 4.16. The van der Waals surface area contributed by atoms with Crippen molar-refractivity contribution in [2.45, 2.75) is 6.54 Å². The predicted octanol–water partition coefficient (Wildman–Crippen LogP) is 3.77. The molecule has 136 valence electrons. The Labute approximate surface area is 164 Å². The molecule has 1 amide bonds. The van der Waals surface area contributed by atoms with Gasteiger partial charge in [0.05, 0.1) is 22.2 Å². The summed E-state index contributed by atoms with van der Waals surface area (Å²) in [6.45, 7) is 0.451. The molecule has 7 nitrogen and oxygen atoms in total. The largest absolute Gasteiger partial charge is 0.336 e. The van der Waals surface area contributed by atoms with Gasteiger partial charge in [-0.15, -0.1) is 0 Å². The van der Waals surface area contributed by atoms with Crippen LogP contribution in [0.5, 0.6) is 0 Å². The number of imidazole rings is 1. The van der Waals surface area contributed by atoms with Crippen molar-refractivity contribution >= 4 is 45.8 Å². The second kappa shape index (κ2) is 7.02. The van der Waals surface area contributed by atoms with Gasteiger partial charge in [0.15, 0.2) is 5.65 Å². The van der Waals surface area contributed by atoms with Crippen molar-refractivity contribution in [2.75, 3.05) is 5.32 Å². The van der Waals surface area contributed by atoms with E-state index >= 15 is 0 Å².